The molecule has 3 rings (SSSR count). The molecule has 1 aromatic heterocycles. The van der Waals surface area contributed by atoms with E-state index in [-0.39, 0.29) is 0 Å². The molecule has 1 aliphatic heterocycles. The van der Waals surface area contributed by atoms with Crippen LogP contribution in [-0.4, -0.2) is 18.2 Å². The molecule has 1 aliphatic rings. The summed E-state index contributed by atoms with van der Waals surface area (Å²) in [6.07, 6.45) is 0. The molecule has 0 amide bonds. The van der Waals surface area contributed by atoms with Crippen molar-refractivity contribution in [3.05, 3.63) is 18.2 Å². The third kappa shape index (κ3) is 1.76. The maximum atomic E-state index is 5.85. The Balaban J connectivity index is 2.06. The molecule has 6 heteroatoms. The fourth-order valence-electron chi connectivity index (χ4n) is 1.75. The average Bonchev–Trinajstić information content (AvgIpc) is 2.68. The summed E-state index contributed by atoms with van der Waals surface area (Å²) in [5, 5.41) is 1.08. The summed E-state index contributed by atoms with van der Waals surface area (Å²) >= 11 is 1.27. The van der Waals surface area contributed by atoms with Crippen LogP contribution in [0.25, 0.3) is 11.3 Å². The zero-order valence-corrected chi connectivity index (χ0v) is 9.79. The highest BCUT2D eigenvalue weighted by atomic mass is 32.1. The second-order valence-corrected chi connectivity index (χ2v) is 4.69. The average molecular weight is 249 g/mol. The smallest absolute Gasteiger partial charge is 0.182 e. The number of nitrogen functional groups attached to an aromatic ring is 2. The lowest BCUT2D eigenvalue weighted by atomic mass is 10.1. The fourth-order valence-corrected chi connectivity index (χ4v) is 2.37. The van der Waals surface area contributed by atoms with Crippen LogP contribution in [0.15, 0.2) is 18.2 Å². The summed E-state index contributed by atoms with van der Waals surface area (Å²) in [5.41, 5.74) is 13.1. The van der Waals surface area contributed by atoms with Gasteiger partial charge in [0.1, 0.15) is 23.9 Å². The lowest BCUT2D eigenvalue weighted by Crippen LogP contribution is -2.15. The van der Waals surface area contributed by atoms with Crippen molar-refractivity contribution in [1.82, 2.24) is 4.98 Å². The van der Waals surface area contributed by atoms with Crippen LogP contribution in [-0.2, 0) is 0 Å². The Hall–Kier alpha value is -1.95. The molecule has 0 spiro atoms. The van der Waals surface area contributed by atoms with Crippen molar-refractivity contribution < 1.29 is 9.47 Å². The lowest BCUT2D eigenvalue weighted by Gasteiger charge is -2.18. The molecule has 4 N–H and O–H groups in total. The van der Waals surface area contributed by atoms with Crippen molar-refractivity contribution in [2.24, 2.45) is 0 Å². The van der Waals surface area contributed by atoms with Gasteiger partial charge < -0.3 is 20.9 Å². The molecule has 0 saturated heterocycles. The van der Waals surface area contributed by atoms with Crippen LogP contribution in [0, 0.1) is 0 Å². The minimum absolute atomic E-state index is 0.465. The SMILES string of the molecule is Nc1nc(-c2ccc3c(c2)OCCO3)c(N)s1. The van der Waals surface area contributed by atoms with Gasteiger partial charge in [0.25, 0.3) is 0 Å². The molecule has 17 heavy (non-hydrogen) atoms. The molecule has 0 bridgehead atoms. The van der Waals surface area contributed by atoms with Crippen molar-refractivity contribution >= 4 is 21.5 Å². The molecule has 2 heterocycles. The number of ether oxygens (including phenoxy) is 2. The molecular weight excluding hydrogens is 238 g/mol. The Bertz CT molecular complexity index is 568. The molecule has 0 fully saturated rings. The zero-order valence-electron chi connectivity index (χ0n) is 8.97. The first-order valence-corrected chi connectivity index (χ1v) is 5.97. The topological polar surface area (TPSA) is 83.4 Å². The van der Waals surface area contributed by atoms with Gasteiger partial charge in [0.2, 0.25) is 0 Å². The predicted molar refractivity (Wildman–Crippen MR) is 67.4 cm³/mol. The van der Waals surface area contributed by atoms with Crippen LogP contribution in [0.3, 0.4) is 0 Å². The van der Waals surface area contributed by atoms with Gasteiger partial charge in [-0.3, -0.25) is 0 Å². The standard InChI is InChI=1S/C11H11N3O2S/c12-10-9(14-11(13)17-10)6-1-2-7-8(5-6)16-4-3-15-7/h1-2,5H,3-4,12H2,(H2,13,14). The number of aromatic nitrogens is 1. The van der Waals surface area contributed by atoms with Crippen LogP contribution in [0.1, 0.15) is 0 Å². The van der Waals surface area contributed by atoms with E-state index < -0.39 is 0 Å². The van der Waals surface area contributed by atoms with E-state index in [1.165, 1.54) is 11.3 Å². The first-order chi connectivity index (χ1) is 8.24. The molecule has 88 valence electrons. The van der Waals surface area contributed by atoms with Crippen molar-refractivity contribution in [1.29, 1.82) is 0 Å². The monoisotopic (exact) mass is 249 g/mol. The number of nitrogens with two attached hydrogens (primary N) is 2. The van der Waals surface area contributed by atoms with Gasteiger partial charge in [0.15, 0.2) is 16.6 Å². The minimum Gasteiger partial charge on any atom is -0.486 e. The van der Waals surface area contributed by atoms with Gasteiger partial charge in [-0.05, 0) is 18.2 Å². The molecule has 1 aromatic carbocycles. The summed E-state index contributed by atoms with van der Waals surface area (Å²) in [6.45, 7) is 1.14. The van der Waals surface area contributed by atoms with Crippen LogP contribution in [0.4, 0.5) is 10.1 Å². The minimum atomic E-state index is 0.465. The van der Waals surface area contributed by atoms with E-state index in [1.807, 2.05) is 18.2 Å². The number of hydrogen-bond donors (Lipinski definition) is 2. The second-order valence-electron chi connectivity index (χ2n) is 3.62. The Labute approximate surface area is 102 Å². The molecule has 5 nitrogen and oxygen atoms in total. The van der Waals surface area contributed by atoms with E-state index in [0.717, 1.165) is 17.1 Å². The van der Waals surface area contributed by atoms with Crippen LogP contribution >= 0.6 is 11.3 Å². The van der Waals surface area contributed by atoms with E-state index in [1.54, 1.807) is 0 Å². The lowest BCUT2D eigenvalue weighted by molar-refractivity contribution is 0.171. The molecule has 0 saturated carbocycles. The van der Waals surface area contributed by atoms with E-state index >= 15 is 0 Å². The van der Waals surface area contributed by atoms with Crippen LogP contribution in [0.2, 0.25) is 0 Å². The van der Waals surface area contributed by atoms with E-state index in [4.69, 9.17) is 20.9 Å². The maximum Gasteiger partial charge on any atom is 0.182 e. The summed E-state index contributed by atoms with van der Waals surface area (Å²) in [6, 6.07) is 5.64. The highest BCUT2D eigenvalue weighted by Gasteiger charge is 2.15. The quantitative estimate of drug-likeness (QED) is 0.804. The molecule has 0 atom stereocenters. The van der Waals surface area contributed by atoms with Gasteiger partial charge in [0.05, 0.1) is 0 Å². The number of benzene rings is 1. The van der Waals surface area contributed by atoms with Gasteiger partial charge in [-0.1, -0.05) is 11.3 Å². The number of hydrogen-bond acceptors (Lipinski definition) is 6. The summed E-state index contributed by atoms with van der Waals surface area (Å²) in [5.74, 6) is 1.47. The molecular formula is C11H11N3O2S. The fraction of sp³-hybridized carbons (Fsp3) is 0.182. The van der Waals surface area contributed by atoms with Crippen molar-refractivity contribution in [2.45, 2.75) is 0 Å². The van der Waals surface area contributed by atoms with Crippen LogP contribution < -0.4 is 20.9 Å². The number of nitrogens with zero attached hydrogens (tertiary/aromatic N) is 1. The number of fused-ring (bicyclic) bond motifs is 1. The molecule has 0 unspecified atom stereocenters. The van der Waals surface area contributed by atoms with Gasteiger partial charge in [0, 0.05) is 5.56 Å². The van der Waals surface area contributed by atoms with Gasteiger partial charge in [-0.2, -0.15) is 0 Å². The Kier molecular flexibility index (Phi) is 2.29. The Morgan fingerprint density at radius 2 is 1.88 bits per heavy atom. The van der Waals surface area contributed by atoms with Crippen molar-refractivity contribution in [3.8, 4) is 22.8 Å². The number of rotatable bonds is 1. The second kappa shape index (κ2) is 3.81. The highest BCUT2D eigenvalue weighted by Crippen LogP contribution is 2.37. The normalized spacial score (nSPS) is 13.6. The maximum absolute atomic E-state index is 5.85. The first-order valence-electron chi connectivity index (χ1n) is 5.16. The highest BCUT2D eigenvalue weighted by molar-refractivity contribution is 7.19. The first kappa shape index (κ1) is 10.2. The van der Waals surface area contributed by atoms with Gasteiger partial charge in [-0.15, -0.1) is 0 Å². The van der Waals surface area contributed by atoms with Crippen molar-refractivity contribution in [2.75, 3.05) is 24.7 Å². The third-order valence-electron chi connectivity index (χ3n) is 2.49. The van der Waals surface area contributed by atoms with E-state index in [0.29, 0.717) is 29.0 Å². The number of thiazole rings is 1. The Morgan fingerprint density at radius 3 is 2.59 bits per heavy atom. The van der Waals surface area contributed by atoms with E-state index in [9.17, 15) is 0 Å². The summed E-state index contributed by atoms with van der Waals surface area (Å²) in [4.78, 5) is 4.20. The van der Waals surface area contributed by atoms with Gasteiger partial charge >= 0.3 is 0 Å². The largest absolute Gasteiger partial charge is 0.486 e. The van der Waals surface area contributed by atoms with E-state index in [2.05, 4.69) is 4.98 Å². The summed E-state index contributed by atoms with van der Waals surface area (Å²) in [7, 11) is 0. The molecule has 2 aromatic rings. The van der Waals surface area contributed by atoms with Gasteiger partial charge in [-0.25, -0.2) is 4.98 Å². The zero-order chi connectivity index (χ0) is 11.8. The Morgan fingerprint density at radius 1 is 1.12 bits per heavy atom. The molecule has 0 radical (unpaired) electrons. The predicted octanol–water partition coefficient (Wildman–Crippen LogP) is 1.75. The summed E-state index contributed by atoms with van der Waals surface area (Å²) < 4.78 is 11.0. The molecule has 0 aliphatic carbocycles. The van der Waals surface area contributed by atoms with Crippen molar-refractivity contribution in [3.63, 3.8) is 0 Å². The third-order valence-corrected chi connectivity index (χ3v) is 3.20. The van der Waals surface area contributed by atoms with Crippen LogP contribution in [0.5, 0.6) is 11.5 Å². The number of anilines is 2.